The summed E-state index contributed by atoms with van der Waals surface area (Å²) >= 11 is 1.93. The average Bonchev–Trinajstić information content (AvgIpc) is 2.81. The Morgan fingerprint density at radius 3 is 3.11 bits per heavy atom. The van der Waals surface area contributed by atoms with Crippen molar-refractivity contribution in [2.45, 2.75) is 45.6 Å². The summed E-state index contributed by atoms with van der Waals surface area (Å²) < 4.78 is 0. The van der Waals surface area contributed by atoms with Crippen LogP contribution in [0.15, 0.2) is 11.4 Å². The van der Waals surface area contributed by atoms with Gasteiger partial charge in [-0.3, -0.25) is 4.90 Å². The minimum Gasteiger partial charge on any atom is -0.330 e. The lowest BCUT2D eigenvalue weighted by Gasteiger charge is -2.33. The van der Waals surface area contributed by atoms with Gasteiger partial charge in [0, 0.05) is 17.5 Å². The molecule has 102 valence electrons. The van der Waals surface area contributed by atoms with Crippen LogP contribution in [-0.4, -0.2) is 24.5 Å². The first-order valence-corrected chi connectivity index (χ1v) is 8.10. The molecule has 0 aromatic carbocycles. The van der Waals surface area contributed by atoms with Gasteiger partial charge in [-0.25, -0.2) is 0 Å². The highest BCUT2D eigenvalue weighted by Crippen LogP contribution is 2.32. The Kier molecular flexibility index (Phi) is 5.22. The van der Waals surface area contributed by atoms with Gasteiger partial charge in [0.25, 0.3) is 0 Å². The molecular weight excluding hydrogens is 240 g/mol. The Balaban J connectivity index is 1.78. The zero-order valence-corrected chi connectivity index (χ0v) is 12.5. The third kappa shape index (κ3) is 3.34. The van der Waals surface area contributed by atoms with E-state index in [1.54, 1.807) is 10.4 Å². The van der Waals surface area contributed by atoms with Gasteiger partial charge in [0.05, 0.1) is 0 Å². The van der Waals surface area contributed by atoms with Crippen LogP contribution in [0.4, 0.5) is 0 Å². The van der Waals surface area contributed by atoms with Gasteiger partial charge in [-0.05, 0) is 68.6 Å². The first-order chi connectivity index (χ1) is 8.72. The van der Waals surface area contributed by atoms with E-state index in [4.69, 9.17) is 5.73 Å². The van der Waals surface area contributed by atoms with E-state index in [1.165, 1.54) is 38.8 Å². The van der Waals surface area contributed by atoms with Gasteiger partial charge in [-0.15, -0.1) is 11.3 Å². The zero-order chi connectivity index (χ0) is 13.0. The van der Waals surface area contributed by atoms with E-state index in [0.717, 1.165) is 12.5 Å². The van der Waals surface area contributed by atoms with Crippen LogP contribution >= 0.6 is 11.3 Å². The van der Waals surface area contributed by atoms with Gasteiger partial charge in [0.2, 0.25) is 0 Å². The molecule has 0 bridgehead atoms. The molecule has 0 radical (unpaired) electrons. The summed E-state index contributed by atoms with van der Waals surface area (Å²) in [7, 11) is 0. The van der Waals surface area contributed by atoms with Crippen molar-refractivity contribution in [2.24, 2.45) is 11.7 Å². The predicted octanol–water partition coefficient (Wildman–Crippen LogP) is 3.43. The zero-order valence-electron chi connectivity index (χ0n) is 11.7. The van der Waals surface area contributed by atoms with E-state index in [-0.39, 0.29) is 0 Å². The molecule has 0 spiro atoms. The van der Waals surface area contributed by atoms with E-state index in [0.29, 0.717) is 6.04 Å². The fourth-order valence-electron chi connectivity index (χ4n) is 2.94. The van der Waals surface area contributed by atoms with Gasteiger partial charge >= 0.3 is 0 Å². The highest BCUT2D eigenvalue weighted by Gasteiger charge is 2.23. The smallest absolute Gasteiger partial charge is 0.0331 e. The molecule has 0 saturated carbocycles. The summed E-state index contributed by atoms with van der Waals surface area (Å²) in [6, 6.07) is 2.93. The molecule has 2 atom stereocenters. The van der Waals surface area contributed by atoms with Crippen molar-refractivity contribution in [3.05, 3.63) is 21.9 Å². The Hall–Kier alpha value is -0.380. The fourth-order valence-corrected chi connectivity index (χ4v) is 3.90. The van der Waals surface area contributed by atoms with Crippen molar-refractivity contribution in [1.29, 1.82) is 0 Å². The maximum absolute atomic E-state index is 5.60. The lowest BCUT2D eigenvalue weighted by atomic mass is 9.99. The van der Waals surface area contributed by atoms with Crippen LogP contribution in [0.5, 0.6) is 0 Å². The summed E-state index contributed by atoms with van der Waals surface area (Å²) in [4.78, 5) is 4.25. The molecule has 0 amide bonds. The van der Waals surface area contributed by atoms with E-state index >= 15 is 0 Å². The third-order valence-corrected chi connectivity index (χ3v) is 5.20. The molecule has 0 saturated heterocycles. The average molecular weight is 266 g/mol. The molecule has 1 aliphatic rings. The third-order valence-electron chi connectivity index (χ3n) is 4.21. The standard InChI is InChI=1S/C15H26N2S/c1-12(5-8-16)4-3-9-17-10-6-15-14(13(17)2)7-11-18-15/h7,11-13H,3-6,8-10,16H2,1-2H3. The summed E-state index contributed by atoms with van der Waals surface area (Å²) in [6.07, 6.45) is 5.04. The molecule has 1 aromatic rings. The Bertz CT molecular complexity index is 361. The van der Waals surface area contributed by atoms with Crippen LogP contribution in [-0.2, 0) is 6.42 Å². The highest BCUT2D eigenvalue weighted by molar-refractivity contribution is 7.10. The van der Waals surface area contributed by atoms with Crippen molar-refractivity contribution in [1.82, 2.24) is 4.90 Å². The lowest BCUT2D eigenvalue weighted by molar-refractivity contribution is 0.192. The second-order valence-electron chi connectivity index (χ2n) is 5.59. The van der Waals surface area contributed by atoms with Gasteiger partial charge in [0.15, 0.2) is 0 Å². The molecule has 18 heavy (non-hydrogen) atoms. The summed E-state index contributed by atoms with van der Waals surface area (Å²) in [6.45, 7) is 7.99. The second-order valence-corrected chi connectivity index (χ2v) is 6.59. The van der Waals surface area contributed by atoms with Gasteiger partial charge in [-0.1, -0.05) is 6.92 Å². The first-order valence-electron chi connectivity index (χ1n) is 7.22. The Morgan fingerprint density at radius 2 is 2.33 bits per heavy atom. The summed E-state index contributed by atoms with van der Waals surface area (Å²) in [5.74, 6) is 0.784. The molecule has 0 fully saturated rings. The van der Waals surface area contributed by atoms with E-state index < -0.39 is 0 Å². The number of fused-ring (bicyclic) bond motifs is 1. The second kappa shape index (κ2) is 6.69. The Labute approximate surface area is 115 Å². The number of nitrogens with two attached hydrogens (primary N) is 1. The quantitative estimate of drug-likeness (QED) is 0.854. The fraction of sp³-hybridized carbons (Fsp3) is 0.733. The molecule has 2 heterocycles. The molecule has 2 unspecified atom stereocenters. The molecule has 1 aromatic heterocycles. The van der Waals surface area contributed by atoms with Gasteiger partial charge in [0.1, 0.15) is 0 Å². The maximum Gasteiger partial charge on any atom is 0.0331 e. The van der Waals surface area contributed by atoms with Crippen molar-refractivity contribution in [3.8, 4) is 0 Å². The summed E-state index contributed by atoms with van der Waals surface area (Å²) in [5.41, 5.74) is 7.17. The Morgan fingerprint density at radius 1 is 1.50 bits per heavy atom. The molecule has 2 rings (SSSR count). The van der Waals surface area contributed by atoms with Crippen molar-refractivity contribution in [3.63, 3.8) is 0 Å². The van der Waals surface area contributed by atoms with Crippen LogP contribution in [0, 0.1) is 5.92 Å². The van der Waals surface area contributed by atoms with Crippen LogP contribution in [0.2, 0.25) is 0 Å². The summed E-state index contributed by atoms with van der Waals surface area (Å²) in [5, 5.41) is 2.24. The molecule has 2 nitrogen and oxygen atoms in total. The van der Waals surface area contributed by atoms with Crippen LogP contribution in [0.25, 0.3) is 0 Å². The SMILES string of the molecule is CC(CCN)CCCN1CCc2sccc2C1C. The van der Waals surface area contributed by atoms with E-state index in [1.807, 2.05) is 11.3 Å². The van der Waals surface area contributed by atoms with E-state index in [2.05, 4.69) is 30.2 Å². The first kappa shape index (κ1) is 14.0. The van der Waals surface area contributed by atoms with Crippen molar-refractivity contribution in [2.75, 3.05) is 19.6 Å². The maximum atomic E-state index is 5.60. The number of hydrogen-bond donors (Lipinski definition) is 1. The van der Waals surface area contributed by atoms with Crippen molar-refractivity contribution >= 4 is 11.3 Å². The van der Waals surface area contributed by atoms with Crippen molar-refractivity contribution < 1.29 is 0 Å². The highest BCUT2D eigenvalue weighted by atomic mass is 32.1. The molecule has 0 aliphatic carbocycles. The predicted molar refractivity (Wildman–Crippen MR) is 80.1 cm³/mol. The molecule has 3 heteroatoms. The number of nitrogens with zero attached hydrogens (tertiary/aromatic N) is 1. The topological polar surface area (TPSA) is 29.3 Å². The molecule has 1 aliphatic heterocycles. The largest absolute Gasteiger partial charge is 0.330 e. The number of thiophene rings is 1. The molecular formula is C15H26N2S. The lowest BCUT2D eigenvalue weighted by Crippen LogP contribution is -2.34. The van der Waals surface area contributed by atoms with Gasteiger partial charge < -0.3 is 5.73 Å². The van der Waals surface area contributed by atoms with Crippen LogP contribution in [0.1, 0.15) is 49.6 Å². The van der Waals surface area contributed by atoms with E-state index in [9.17, 15) is 0 Å². The minimum atomic E-state index is 0.616. The molecule has 2 N–H and O–H groups in total. The minimum absolute atomic E-state index is 0.616. The van der Waals surface area contributed by atoms with Crippen LogP contribution in [0.3, 0.4) is 0 Å². The van der Waals surface area contributed by atoms with Crippen LogP contribution < -0.4 is 5.73 Å². The van der Waals surface area contributed by atoms with Gasteiger partial charge in [-0.2, -0.15) is 0 Å². The normalized spacial score (nSPS) is 21.8. The number of hydrogen-bond acceptors (Lipinski definition) is 3. The monoisotopic (exact) mass is 266 g/mol. The number of rotatable bonds is 6.